The number of hydrogen-bond donors (Lipinski definition) is 0. The van der Waals surface area contributed by atoms with Crippen molar-refractivity contribution in [3.05, 3.63) is 22.2 Å². The van der Waals surface area contributed by atoms with Crippen LogP contribution in [0, 0.1) is 0 Å². The molecular formula is C19H21BrF3N3O3. The number of amides is 1. The minimum Gasteiger partial charge on any atom is -0.444 e. The second-order valence-electron chi connectivity index (χ2n) is 8.44. The fraction of sp³-hybridized carbons (Fsp3) is 0.579. The molecule has 0 radical (unpaired) electrons. The molecule has 1 aromatic heterocycles. The molecule has 2 unspecified atom stereocenters. The molecule has 29 heavy (non-hydrogen) atoms. The van der Waals surface area contributed by atoms with E-state index in [1.807, 2.05) is 25.7 Å². The Morgan fingerprint density at radius 3 is 2.38 bits per heavy atom. The largest absolute Gasteiger partial charge is 0.444 e. The maximum atomic E-state index is 13.3. The maximum Gasteiger partial charge on any atom is 0.418 e. The molecule has 2 saturated heterocycles. The van der Waals surface area contributed by atoms with Crippen molar-refractivity contribution in [2.24, 2.45) is 0 Å². The second-order valence-corrected chi connectivity index (χ2v) is 9.30. The number of aromatic nitrogens is 1. The number of nitrogens with zero attached hydrogens (tertiary/aromatic N) is 3. The van der Waals surface area contributed by atoms with Crippen LogP contribution in [0.1, 0.15) is 39.2 Å². The van der Waals surface area contributed by atoms with Crippen LogP contribution < -0.4 is 4.90 Å². The van der Waals surface area contributed by atoms with Crippen LogP contribution in [0.15, 0.2) is 21.0 Å². The smallest absolute Gasteiger partial charge is 0.418 e. The van der Waals surface area contributed by atoms with Crippen molar-refractivity contribution < 1.29 is 27.1 Å². The lowest BCUT2D eigenvalue weighted by atomic mass is 10.2. The first kappa shape index (κ1) is 20.3. The quantitative estimate of drug-likeness (QED) is 0.567. The Labute approximate surface area is 174 Å². The monoisotopic (exact) mass is 475 g/mol. The number of anilines is 1. The fourth-order valence-electron chi connectivity index (χ4n) is 4.00. The Balaban J connectivity index is 1.61. The van der Waals surface area contributed by atoms with Crippen molar-refractivity contribution in [2.75, 3.05) is 18.0 Å². The van der Waals surface area contributed by atoms with E-state index in [9.17, 15) is 18.0 Å². The number of carbonyl (C=O) groups excluding carboxylic acids is 1. The van der Waals surface area contributed by atoms with Gasteiger partial charge < -0.3 is 14.1 Å². The van der Waals surface area contributed by atoms with E-state index in [4.69, 9.17) is 9.15 Å². The second kappa shape index (κ2) is 6.78. The molecule has 0 N–H and O–H groups in total. The van der Waals surface area contributed by atoms with E-state index < -0.39 is 17.3 Å². The third-order valence-corrected chi connectivity index (χ3v) is 5.77. The van der Waals surface area contributed by atoms with E-state index in [2.05, 4.69) is 20.9 Å². The molecule has 4 rings (SSSR count). The first-order valence-electron chi connectivity index (χ1n) is 9.36. The number of hydrogen-bond acceptors (Lipinski definition) is 5. The van der Waals surface area contributed by atoms with Crippen molar-refractivity contribution in [1.29, 1.82) is 0 Å². The van der Waals surface area contributed by atoms with Crippen molar-refractivity contribution in [2.45, 2.75) is 57.5 Å². The molecular weight excluding hydrogens is 455 g/mol. The highest BCUT2D eigenvalue weighted by molar-refractivity contribution is 9.10. The molecule has 10 heteroatoms. The summed E-state index contributed by atoms with van der Waals surface area (Å²) < 4.78 is 51.7. The van der Waals surface area contributed by atoms with Crippen molar-refractivity contribution in [3.63, 3.8) is 0 Å². The van der Waals surface area contributed by atoms with Gasteiger partial charge in [-0.2, -0.15) is 18.2 Å². The van der Waals surface area contributed by atoms with Crippen molar-refractivity contribution >= 4 is 39.1 Å². The molecule has 158 valence electrons. The minimum absolute atomic E-state index is 0.0664. The van der Waals surface area contributed by atoms with Gasteiger partial charge in [0.25, 0.3) is 6.01 Å². The van der Waals surface area contributed by atoms with Gasteiger partial charge in [0.1, 0.15) is 11.1 Å². The molecule has 1 amide bonds. The number of oxazole rings is 1. The minimum atomic E-state index is -4.53. The molecule has 2 aromatic rings. The summed E-state index contributed by atoms with van der Waals surface area (Å²) in [6, 6.07) is 2.25. The molecule has 2 aliphatic rings. The number of ether oxygens (including phenoxy) is 1. The average molecular weight is 476 g/mol. The molecule has 2 atom stereocenters. The predicted octanol–water partition coefficient (Wildman–Crippen LogP) is 5.20. The highest BCUT2D eigenvalue weighted by atomic mass is 79.9. The molecule has 0 saturated carbocycles. The third-order valence-electron chi connectivity index (χ3n) is 5.15. The maximum absolute atomic E-state index is 13.3. The van der Waals surface area contributed by atoms with Gasteiger partial charge >= 0.3 is 12.3 Å². The summed E-state index contributed by atoms with van der Waals surface area (Å²) in [5.41, 5.74) is -1.57. The summed E-state index contributed by atoms with van der Waals surface area (Å²) in [5.74, 6) is 0. The SMILES string of the molecule is CC(C)(C)OC(=O)N1C2CCC1CN(c1nc3c(C(F)(F)F)ccc(Br)c3o1)C2. The summed E-state index contributed by atoms with van der Waals surface area (Å²) in [5, 5.41) is 0. The summed E-state index contributed by atoms with van der Waals surface area (Å²) >= 11 is 3.24. The standard InChI is InChI=1S/C19H21BrF3N3O3/c1-18(2,3)29-17(27)26-10-4-5-11(26)9-25(8-10)16-24-14-12(19(21,22)23)6-7-13(20)15(14)28-16/h6-7,10-11H,4-5,8-9H2,1-3H3. The molecule has 6 nitrogen and oxygen atoms in total. The number of halogens is 4. The van der Waals surface area contributed by atoms with Crippen LogP contribution in [0.3, 0.4) is 0 Å². The van der Waals surface area contributed by atoms with Crippen LogP contribution in [0.4, 0.5) is 24.0 Å². The first-order valence-corrected chi connectivity index (χ1v) is 10.2. The van der Waals surface area contributed by atoms with E-state index >= 15 is 0 Å². The normalized spacial score (nSPS) is 22.4. The van der Waals surface area contributed by atoms with E-state index in [0.29, 0.717) is 17.6 Å². The van der Waals surface area contributed by atoms with Crippen molar-refractivity contribution in [3.8, 4) is 0 Å². The molecule has 2 bridgehead atoms. The lowest BCUT2D eigenvalue weighted by molar-refractivity contribution is -0.136. The van der Waals surface area contributed by atoms with Gasteiger partial charge in [0, 0.05) is 13.1 Å². The van der Waals surface area contributed by atoms with Crippen LogP contribution in [0.5, 0.6) is 0 Å². The van der Waals surface area contributed by atoms with Gasteiger partial charge in [0.05, 0.1) is 22.1 Å². The zero-order chi connectivity index (χ0) is 21.1. The van der Waals surface area contributed by atoms with Gasteiger partial charge in [-0.1, -0.05) is 0 Å². The summed E-state index contributed by atoms with van der Waals surface area (Å²) in [7, 11) is 0. The van der Waals surface area contributed by atoms with Crippen LogP contribution in [0.2, 0.25) is 0 Å². The van der Waals surface area contributed by atoms with E-state index in [1.165, 1.54) is 6.07 Å². The van der Waals surface area contributed by atoms with E-state index in [-0.39, 0.29) is 35.3 Å². The van der Waals surface area contributed by atoms with Gasteiger partial charge in [0.2, 0.25) is 0 Å². The lowest BCUT2D eigenvalue weighted by Crippen LogP contribution is -2.56. The van der Waals surface area contributed by atoms with Gasteiger partial charge in [-0.25, -0.2) is 4.79 Å². The summed E-state index contributed by atoms with van der Waals surface area (Å²) in [6.07, 6.45) is -3.28. The number of benzene rings is 1. The van der Waals surface area contributed by atoms with Crippen LogP contribution in [-0.2, 0) is 10.9 Å². The van der Waals surface area contributed by atoms with E-state index in [0.717, 1.165) is 18.9 Å². The molecule has 3 heterocycles. The average Bonchev–Trinajstić information content (AvgIpc) is 3.12. The topological polar surface area (TPSA) is 58.8 Å². The Morgan fingerprint density at radius 2 is 1.83 bits per heavy atom. The van der Waals surface area contributed by atoms with Gasteiger partial charge in [-0.3, -0.25) is 4.90 Å². The Morgan fingerprint density at radius 1 is 1.21 bits per heavy atom. The number of piperazine rings is 1. The molecule has 2 aliphatic heterocycles. The Kier molecular flexibility index (Phi) is 4.75. The third kappa shape index (κ3) is 3.78. The van der Waals surface area contributed by atoms with Gasteiger partial charge in [-0.15, -0.1) is 0 Å². The molecule has 0 spiro atoms. The van der Waals surface area contributed by atoms with E-state index in [1.54, 1.807) is 4.90 Å². The number of rotatable bonds is 1. The zero-order valence-electron chi connectivity index (χ0n) is 16.2. The molecule has 1 aromatic carbocycles. The first-order chi connectivity index (χ1) is 13.4. The summed E-state index contributed by atoms with van der Waals surface area (Å²) in [4.78, 5) is 20.3. The highest BCUT2D eigenvalue weighted by Gasteiger charge is 2.45. The highest BCUT2D eigenvalue weighted by Crippen LogP contribution is 2.40. The van der Waals surface area contributed by atoms with Crippen LogP contribution in [-0.4, -0.2) is 46.8 Å². The molecule has 0 aliphatic carbocycles. The summed E-state index contributed by atoms with van der Waals surface area (Å²) in [6.45, 7) is 6.31. The zero-order valence-corrected chi connectivity index (χ0v) is 17.8. The lowest BCUT2D eigenvalue weighted by Gasteiger charge is -2.40. The number of fused-ring (bicyclic) bond motifs is 3. The number of carbonyl (C=O) groups is 1. The molecule has 2 fully saturated rings. The predicted molar refractivity (Wildman–Crippen MR) is 104 cm³/mol. The number of alkyl halides is 3. The Bertz CT molecular complexity index is 940. The Hall–Kier alpha value is -1.97. The van der Waals surface area contributed by atoms with Gasteiger partial charge in [-0.05, 0) is 61.7 Å². The van der Waals surface area contributed by atoms with Crippen molar-refractivity contribution in [1.82, 2.24) is 9.88 Å². The van der Waals surface area contributed by atoms with Gasteiger partial charge in [0.15, 0.2) is 5.58 Å². The fourth-order valence-corrected chi connectivity index (χ4v) is 4.40. The van der Waals surface area contributed by atoms with Crippen LogP contribution in [0.25, 0.3) is 11.1 Å². The van der Waals surface area contributed by atoms with Crippen LogP contribution >= 0.6 is 15.9 Å².